The zero-order valence-corrected chi connectivity index (χ0v) is 44.6. The molecule has 0 aromatic carbocycles. The zero-order valence-electron chi connectivity index (χ0n) is 43.7. The predicted octanol–water partition coefficient (Wildman–Crippen LogP) is 16.2. The Kier molecular flexibility index (Phi) is 45.2. The van der Waals surface area contributed by atoms with Crippen molar-refractivity contribution in [3.8, 4) is 0 Å². The van der Waals surface area contributed by atoms with E-state index in [0.717, 1.165) is 70.6 Å². The second-order valence-corrected chi connectivity index (χ2v) is 21.6. The Morgan fingerprint density at radius 2 is 0.892 bits per heavy atom. The molecule has 2 N–H and O–H groups in total. The summed E-state index contributed by atoms with van der Waals surface area (Å²) in [4.78, 5) is 37.4. The van der Waals surface area contributed by atoms with E-state index < -0.39 is 20.0 Å². The highest BCUT2D eigenvalue weighted by atomic mass is 31.2. The number of unbranched alkanes of at least 4 members (excludes halogenated alkanes) is 32. The fourth-order valence-electron chi connectivity index (χ4n) is 8.05. The molecule has 0 radical (unpaired) electrons. The molecule has 0 aliphatic rings. The maximum Gasteiger partial charge on any atom is 0.472 e. The summed E-state index contributed by atoms with van der Waals surface area (Å²) in [5.74, 6) is -0.515. The van der Waals surface area contributed by atoms with Gasteiger partial charge in [0, 0.05) is 12.8 Å². The second-order valence-electron chi connectivity index (χ2n) is 20.1. The van der Waals surface area contributed by atoms with E-state index in [-0.39, 0.29) is 31.5 Å². The summed E-state index contributed by atoms with van der Waals surface area (Å²) in [6.45, 7) is 7.00. The van der Waals surface area contributed by atoms with Crippen molar-refractivity contribution >= 4 is 19.7 Å². The molecule has 9 nitrogen and oxygen atoms in total. The Bertz CT molecular complexity index is 1170. The molecule has 3 atom stereocenters. The molecule has 0 aliphatic heterocycles. The maximum atomic E-state index is 13.5. The number of hydrogen-bond acceptors (Lipinski definition) is 6. The molecule has 0 aromatic rings. The molecule has 0 heterocycles. The van der Waals surface area contributed by atoms with Crippen molar-refractivity contribution in [3.05, 3.63) is 24.3 Å². The molecule has 0 bridgehead atoms. The Morgan fingerprint density at radius 3 is 1.32 bits per heavy atom. The van der Waals surface area contributed by atoms with Crippen LogP contribution in [0.15, 0.2) is 24.3 Å². The minimum absolute atomic E-state index is 0.0411. The van der Waals surface area contributed by atoms with E-state index in [1.165, 1.54) is 161 Å². The van der Waals surface area contributed by atoms with Crippen LogP contribution in [0.2, 0.25) is 0 Å². The van der Waals surface area contributed by atoms with Gasteiger partial charge in [-0.1, -0.05) is 219 Å². The molecule has 0 spiro atoms. The quantitative estimate of drug-likeness (QED) is 0.0205. The Labute approximate surface area is 403 Å². The molecule has 10 heteroatoms. The van der Waals surface area contributed by atoms with Crippen molar-refractivity contribution < 1.29 is 37.3 Å². The second kappa shape index (κ2) is 46.2. The largest absolute Gasteiger partial charge is 0.472 e. The van der Waals surface area contributed by atoms with Gasteiger partial charge in [0.05, 0.1) is 33.8 Å². The Morgan fingerprint density at radius 1 is 0.523 bits per heavy atom. The molecule has 0 rings (SSSR count). The number of esters is 1. The van der Waals surface area contributed by atoms with E-state index in [9.17, 15) is 19.0 Å². The summed E-state index contributed by atoms with van der Waals surface area (Å²) in [6, 6.07) is -0.846. The molecular weight excluding hydrogens is 832 g/mol. The maximum absolute atomic E-state index is 13.5. The van der Waals surface area contributed by atoms with Crippen LogP contribution in [0.3, 0.4) is 0 Å². The number of nitrogens with one attached hydrogen (secondary N) is 1. The van der Waals surface area contributed by atoms with Crippen LogP contribution in [0.4, 0.5) is 0 Å². The van der Waals surface area contributed by atoms with Gasteiger partial charge >= 0.3 is 13.8 Å². The van der Waals surface area contributed by atoms with E-state index >= 15 is 0 Å². The first-order valence-electron chi connectivity index (χ1n) is 27.7. The van der Waals surface area contributed by atoms with Gasteiger partial charge in [-0.2, -0.15) is 0 Å². The number of quaternary nitrogens is 1. The lowest BCUT2D eigenvalue weighted by Crippen LogP contribution is -2.47. The van der Waals surface area contributed by atoms with Gasteiger partial charge in [-0.15, -0.1) is 0 Å². The number of amides is 1. The number of phosphoric ester groups is 1. The topological polar surface area (TPSA) is 111 Å². The van der Waals surface area contributed by atoms with E-state index in [1.807, 2.05) is 33.3 Å². The van der Waals surface area contributed by atoms with Gasteiger partial charge in [0.15, 0.2) is 0 Å². The standard InChI is InChI=1S/C55H107N2O7P/c1-7-10-13-16-19-22-25-27-28-30-32-35-38-41-44-47-54(58)56-52(51-63-65(60,61)62-50-49-57(4,5)6)53(46-43-40-37-34-31-24-21-18-15-12-9-3)64-55(59)48-45-42-39-36-33-29-26-23-20-17-14-11-8-2/h29,33,43,46,52-53H,7-28,30-32,34-42,44-45,47-51H2,1-6H3,(H-,56,58,60,61)/p+1/b33-29-,46-43+. The van der Waals surface area contributed by atoms with Gasteiger partial charge in [-0.05, 0) is 57.4 Å². The number of allylic oxidation sites excluding steroid dienone is 3. The van der Waals surface area contributed by atoms with E-state index in [2.05, 4.69) is 38.2 Å². The lowest BCUT2D eigenvalue weighted by atomic mass is 10.0. The Balaban J connectivity index is 5.36. The van der Waals surface area contributed by atoms with Crippen LogP contribution in [0.25, 0.3) is 0 Å². The first kappa shape index (κ1) is 63.5. The van der Waals surface area contributed by atoms with Crippen molar-refractivity contribution in [1.29, 1.82) is 0 Å². The summed E-state index contributed by atoms with van der Waals surface area (Å²) in [5, 5.41) is 3.04. The smallest absolute Gasteiger partial charge is 0.456 e. The lowest BCUT2D eigenvalue weighted by molar-refractivity contribution is -0.870. The predicted molar refractivity (Wildman–Crippen MR) is 277 cm³/mol. The third kappa shape index (κ3) is 47.4. The van der Waals surface area contributed by atoms with Crippen LogP contribution in [0.1, 0.15) is 265 Å². The minimum atomic E-state index is -4.44. The summed E-state index contributed by atoms with van der Waals surface area (Å²) >= 11 is 0. The average Bonchev–Trinajstić information content (AvgIpc) is 3.26. The van der Waals surface area contributed by atoms with E-state index in [4.69, 9.17) is 13.8 Å². The van der Waals surface area contributed by atoms with Gasteiger partial charge in [-0.3, -0.25) is 18.6 Å². The van der Waals surface area contributed by atoms with Gasteiger partial charge < -0.3 is 19.4 Å². The van der Waals surface area contributed by atoms with Crippen LogP contribution in [-0.2, 0) is 27.9 Å². The van der Waals surface area contributed by atoms with E-state index in [0.29, 0.717) is 17.4 Å². The third-order valence-corrected chi connectivity index (χ3v) is 13.4. The number of rotatable bonds is 50. The molecule has 0 saturated heterocycles. The summed E-state index contributed by atoms with van der Waals surface area (Å²) < 4.78 is 30.5. The van der Waals surface area contributed by atoms with Gasteiger partial charge in [-0.25, -0.2) is 4.57 Å². The number of hydrogen-bond donors (Lipinski definition) is 2. The molecule has 0 fully saturated rings. The summed E-state index contributed by atoms with van der Waals surface area (Å²) in [5.41, 5.74) is 0. The number of phosphoric acid groups is 1. The molecule has 384 valence electrons. The highest BCUT2D eigenvalue weighted by molar-refractivity contribution is 7.47. The van der Waals surface area contributed by atoms with Crippen molar-refractivity contribution in [1.82, 2.24) is 5.32 Å². The number of carbonyl (C=O) groups excluding carboxylic acids is 2. The fraction of sp³-hybridized carbons (Fsp3) is 0.891. The summed E-state index contributed by atoms with van der Waals surface area (Å²) in [6.07, 6.45) is 51.7. The number of likely N-dealkylation sites (N-methyl/N-ethyl adjacent to an activating group) is 1. The van der Waals surface area contributed by atoms with Crippen molar-refractivity contribution in [2.75, 3.05) is 40.9 Å². The molecule has 0 saturated carbocycles. The van der Waals surface area contributed by atoms with Gasteiger partial charge in [0.25, 0.3) is 0 Å². The monoisotopic (exact) mass is 940 g/mol. The Hall–Kier alpha value is -1.51. The van der Waals surface area contributed by atoms with Gasteiger partial charge in [0.2, 0.25) is 5.91 Å². The average molecular weight is 940 g/mol. The molecule has 3 unspecified atom stereocenters. The van der Waals surface area contributed by atoms with Crippen LogP contribution in [0, 0.1) is 0 Å². The van der Waals surface area contributed by atoms with Crippen molar-refractivity contribution in [2.45, 2.75) is 277 Å². The highest BCUT2D eigenvalue weighted by Gasteiger charge is 2.30. The van der Waals surface area contributed by atoms with Crippen LogP contribution >= 0.6 is 7.82 Å². The van der Waals surface area contributed by atoms with Gasteiger partial charge in [0.1, 0.15) is 19.3 Å². The molecule has 1 amide bonds. The minimum Gasteiger partial charge on any atom is -0.456 e. The first-order chi connectivity index (χ1) is 31.4. The number of nitrogens with zero attached hydrogens (tertiary/aromatic N) is 1. The summed E-state index contributed by atoms with van der Waals surface area (Å²) in [7, 11) is 1.50. The SMILES string of the molecule is CCCCCCCC/C=C\CCCCCC(=O)OC(/C=C/CCCCCCCCCCC)C(COP(=O)(O)OCC[N+](C)(C)C)NC(=O)CCCCCCCCCCCCCCCCC. The van der Waals surface area contributed by atoms with Crippen LogP contribution in [0.5, 0.6) is 0 Å². The first-order valence-corrected chi connectivity index (χ1v) is 29.2. The lowest BCUT2D eigenvalue weighted by Gasteiger charge is -2.27. The molecule has 65 heavy (non-hydrogen) atoms. The van der Waals surface area contributed by atoms with E-state index in [1.54, 1.807) is 0 Å². The van der Waals surface area contributed by atoms with Crippen LogP contribution < -0.4 is 5.32 Å². The third-order valence-electron chi connectivity index (χ3n) is 12.4. The molecular formula is C55H108N2O7P+. The van der Waals surface area contributed by atoms with Crippen molar-refractivity contribution in [3.63, 3.8) is 0 Å². The van der Waals surface area contributed by atoms with Crippen LogP contribution in [-0.4, -0.2) is 74.3 Å². The van der Waals surface area contributed by atoms with Crippen molar-refractivity contribution in [2.24, 2.45) is 0 Å². The molecule has 0 aromatic heterocycles. The number of carbonyl (C=O) groups is 2. The normalized spacial score (nSPS) is 14.0. The fourth-order valence-corrected chi connectivity index (χ4v) is 8.79. The highest BCUT2D eigenvalue weighted by Crippen LogP contribution is 2.43. The zero-order chi connectivity index (χ0) is 48.0. The molecule has 0 aliphatic carbocycles. The number of ether oxygens (including phenoxy) is 1.